The molecule has 0 unspecified atom stereocenters. The summed E-state index contributed by atoms with van der Waals surface area (Å²) in [5.41, 5.74) is 0.399. The van der Waals surface area contributed by atoms with Gasteiger partial charge in [0.05, 0.1) is 10.6 Å². The number of nitrogens with one attached hydrogen (secondary N) is 1. The molecule has 0 aliphatic carbocycles. The maximum Gasteiger partial charge on any atom is 0.265 e. The van der Waals surface area contributed by atoms with Gasteiger partial charge in [-0.25, -0.2) is 12.8 Å². The topological polar surface area (TPSA) is 66.5 Å². The van der Waals surface area contributed by atoms with E-state index in [1.54, 1.807) is 18.2 Å². The van der Waals surface area contributed by atoms with E-state index >= 15 is 0 Å². The molecule has 0 heterocycles. The Kier molecular flexibility index (Phi) is 10.2. The molecule has 1 atom stereocenters. The zero-order valence-electron chi connectivity index (χ0n) is 17.7. The highest BCUT2D eigenvalue weighted by Gasteiger charge is 2.35. The Balaban J connectivity index is 0.00000432. The summed E-state index contributed by atoms with van der Waals surface area (Å²) in [6, 6.07) is 12.5. The van der Waals surface area contributed by atoms with Gasteiger partial charge in [0.25, 0.3) is 10.0 Å². The lowest BCUT2D eigenvalue weighted by Gasteiger charge is -2.30. The highest BCUT2D eigenvalue weighted by molar-refractivity contribution is 7.93. The van der Waals surface area contributed by atoms with E-state index in [9.17, 15) is 17.6 Å². The van der Waals surface area contributed by atoms with E-state index in [1.807, 2.05) is 0 Å². The standard InChI is InChI=1S/C23H19Cl4FN2O3S.CH4/c1-14(23(31)29-11-10-15-2-3-17(25)12-20(15)27)30(22-13-18(26)6-9-21(22)28)34(32,33)19-7-4-16(24)5-8-19;/h2-9,12-14H,10-11H2,1H3,(H,29,31);1H4/t14-;/m1./s1. The summed E-state index contributed by atoms with van der Waals surface area (Å²) in [6.45, 7) is 1.52. The first-order valence-electron chi connectivity index (χ1n) is 9.97. The maximum atomic E-state index is 14.8. The fourth-order valence-electron chi connectivity index (χ4n) is 3.22. The first-order valence-corrected chi connectivity index (χ1v) is 12.9. The molecule has 0 saturated carbocycles. The van der Waals surface area contributed by atoms with Crippen molar-refractivity contribution in [3.8, 4) is 0 Å². The van der Waals surface area contributed by atoms with Crippen LogP contribution in [0, 0.1) is 5.82 Å². The predicted molar refractivity (Wildman–Crippen MR) is 142 cm³/mol. The van der Waals surface area contributed by atoms with Crippen LogP contribution in [-0.2, 0) is 21.2 Å². The third kappa shape index (κ3) is 7.02. The Labute approximate surface area is 224 Å². The molecule has 0 aliphatic heterocycles. The predicted octanol–water partition coefficient (Wildman–Crippen LogP) is 7.02. The summed E-state index contributed by atoms with van der Waals surface area (Å²) >= 11 is 23.9. The molecular formula is C24H23Cl4FN2O3S. The van der Waals surface area contributed by atoms with Gasteiger partial charge in [-0.15, -0.1) is 0 Å². The monoisotopic (exact) mass is 578 g/mol. The molecule has 0 aliphatic rings. The number of hydrogen-bond acceptors (Lipinski definition) is 3. The number of rotatable bonds is 8. The first kappa shape index (κ1) is 29.2. The number of carbonyl (C=O) groups is 1. The molecule has 1 amide bonds. The van der Waals surface area contributed by atoms with Crippen LogP contribution in [0.5, 0.6) is 0 Å². The Morgan fingerprint density at radius 3 is 2.14 bits per heavy atom. The number of sulfonamides is 1. The second-order valence-electron chi connectivity index (χ2n) is 7.30. The van der Waals surface area contributed by atoms with Crippen LogP contribution in [0.3, 0.4) is 0 Å². The molecule has 3 aromatic rings. The van der Waals surface area contributed by atoms with Crippen molar-refractivity contribution in [1.29, 1.82) is 0 Å². The largest absolute Gasteiger partial charge is 0.354 e. The van der Waals surface area contributed by atoms with Crippen LogP contribution in [0.15, 0.2) is 65.6 Å². The summed E-state index contributed by atoms with van der Waals surface area (Å²) in [6.07, 6.45) is 0.379. The van der Waals surface area contributed by atoms with Crippen molar-refractivity contribution in [3.63, 3.8) is 0 Å². The van der Waals surface area contributed by atoms with Gasteiger partial charge >= 0.3 is 0 Å². The number of amides is 1. The highest BCUT2D eigenvalue weighted by Crippen LogP contribution is 2.31. The molecule has 0 fully saturated rings. The molecule has 0 saturated heterocycles. The molecule has 5 nitrogen and oxygen atoms in total. The number of hydrogen-bond donors (Lipinski definition) is 1. The summed E-state index contributed by atoms with van der Waals surface area (Å²) in [5.74, 6) is -1.49. The molecule has 3 rings (SSSR count). The van der Waals surface area contributed by atoms with Gasteiger partial charge < -0.3 is 5.32 Å². The molecule has 11 heteroatoms. The first-order chi connectivity index (χ1) is 16.0. The fraction of sp³-hybridized carbons (Fsp3) is 0.208. The SMILES string of the molecule is C.C[C@H](C(=O)NCCc1ccc(Cl)cc1Cl)N(c1cc(Cl)ccc1F)S(=O)(=O)c1ccc(Cl)cc1. The van der Waals surface area contributed by atoms with Gasteiger partial charge in [0, 0.05) is 26.6 Å². The maximum absolute atomic E-state index is 14.8. The number of nitrogens with zero attached hydrogens (tertiary/aromatic N) is 1. The Morgan fingerprint density at radius 2 is 1.51 bits per heavy atom. The van der Waals surface area contributed by atoms with Crippen LogP contribution < -0.4 is 9.62 Å². The average Bonchev–Trinajstić information content (AvgIpc) is 2.77. The van der Waals surface area contributed by atoms with Gasteiger partial charge in [0.1, 0.15) is 11.9 Å². The van der Waals surface area contributed by atoms with Gasteiger partial charge in [0.2, 0.25) is 5.91 Å². The zero-order valence-corrected chi connectivity index (χ0v) is 21.6. The quantitative estimate of drug-likeness (QED) is 0.312. The van der Waals surface area contributed by atoms with Crippen LogP contribution in [0.4, 0.5) is 10.1 Å². The minimum Gasteiger partial charge on any atom is -0.354 e. The number of halogens is 5. The number of benzene rings is 3. The Hall–Kier alpha value is -2.03. The number of carbonyl (C=O) groups excluding carboxylic acids is 1. The van der Waals surface area contributed by atoms with Crippen LogP contribution in [0.2, 0.25) is 20.1 Å². The molecule has 3 aromatic carbocycles. The van der Waals surface area contributed by atoms with Crippen molar-refractivity contribution in [2.24, 2.45) is 0 Å². The molecular weight excluding hydrogens is 557 g/mol. The van der Waals surface area contributed by atoms with Crippen LogP contribution in [0.25, 0.3) is 0 Å². The molecule has 1 N–H and O–H groups in total. The second-order valence-corrected chi connectivity index (χ2v) is 10.8. The van der Waals surface area contributed by atoms with Crippen LogP contribution >= 0.6 is 46.4 Å². The Morgan fingerprint density at radius 1 is 0.943 bits per heavy atom. The lowest BCUT2D eigenvalue weighted by atomic mass is 10.1. The van der Waals surface area contributed by atoms with E-state index in [1.165, 1.54) is 37.3 Å². The molecule has 0 spiro atoms. The van der Waals surface area contributed by atoms with E-state index in [0.29, 0.717) is 25.8 Å². The van der Waals surface area contributed by atoms with E-state index < -0.39 is 27.8 Å². The van der Waals surface area contributed by atoms with Crippen LogP contribution in [0.1, 0.15) is 19.9 Å². The van der Waals surface area contributed by atoms with Crippen molar-refractivity contribution < 1.29 is 17.6 Å². The van der Waals surface area contributed by atoms with Crippen molar-refractivity contribution in [3.05, 3.63) is 92.1 Å². The molecule has 35 heavy (non-hydrogen) atoms. The summed E-state index contributed by atoms with van der Waals surface area (Å²) in [4.78, 5) is 12.8. The molecule has 188 valence electrons. The highest BCUT2D eigenvalue weighted by atomic mass is 35.5. The molecule has 0 bridgehead atoms. The third-order valence-corrected chi connectivity index (χ3v) is 7.93. The van der Waals surface area contributed by atoms with Crippen molar-refractivity contribution in [2.45, 2.75) is 31.7 Å². The lowest BCUT2D eigenvalue weighted by Crippen LogP contribution is -2.49. The molecule has 0 aromatic heterocycles. The van der Waals surface area contributed by atoms with E-state index in [0.717, 1.165) is 17.7 Å². The molecule has 0 radical (unpaired) electrons. The zero-order chi connectivity index (χ0) is 25.0. The van der Waals surface area contributed by atoms with E-state index in [-0.39, 0.29) is 29.6 Å². The van der Waals surface area contributed by atoms with Gasteiger partial charge in [-0.2, -0.15) is 0 Å². The van der Waals surface area contributed by atoms with E-state index in [2.05, 4.69) is 5.32 Å². The summed E-state index contributed by atoms with van der Waals surface area (Å²) < 4.78 is 42.4. The van der Waals surface area contributed by atoms with Crippen molar-refractivity contribution >= 4 is 68.0 Å². The van der Waals surface area contributed by atoms with Crippen molar-refractivity contribution in [1.82, 2.24) is 5.32 Å². The second kappa shape index (κ2) is 12.3. The van der Waals surface area contributed by atoms with Gasteiger partial charge in [-0.3, -0.25) is 9.10 Å². The summed E-state index contributed by atoms with van der Waals surface area (Å²) in [7, 11) is -4.36. The van der Waals surface area contributed by atoms with Gasteiger partial charge in [-0.05, 0) is 73.5 Å². The Bertz CT molecular complexity index is 1300. The summed E-state index contributed by atoms with van der Waals surface area (Å²) in [5, 5.41) is 4.04. The average molecular weight is 580 g/mol. The van der Waals surface area contributed by atoms with Crippen LogP contribution in [-0.4, -0.2) is 26.9 Å². The smallest absolute Gasteiger partial charge is 0.265 e. The van der Waals surface area contributed by atoms with Gasteiger partial charge in [0.15, 0.2) is 0 Å². The fourth-order valence-corrected chi connectivity index (χ4v) is 5.63. The van der Waals surface area contributed by atoms with Gasteiger partial charge in [-0.1, -0.05) is 59.9 Å². The minimum absolute atomic E-state index is 0. The minimum atomic E-state index is -4.36. The van der Waals surface area contributed by atoms with E-state index in [4.69, 9.17) is 46.4 Å². The lowest BCUT2D eigenvalue weighted by molar-refractivity contribution is -0.121. The third-order valence-electron chi connectivity index (χ3n) is 4.96. The normalized spacial score (nSPS) is 11.9. The van der Waals surface area contributed by atoms with Crippen molar-refractivity contribution in [2.75, 3.05) is 10.8 Å². The number of anilines is 1.